The Kier molecular flexibility index (Phi) is 5.57. The summed E-state index contributed by atoms with van der Waals surface area (Å²) in [5, 5.41) is 3.69. The highest BCUT2D eigenvalue weighted by Gasteiger charge is 2.39. The molecular formula is C17H19F4N3O2S. The van der Waals surface area contributed by atoms with E-state index in [2.05, 4.69) is 9.82 Å². The first kappa shape index (κ1) is 19.8. The van der Waals surface area contributed by atoms with Crippen LogP contribution in [0.15, 0.2) is 24.3 Å². The van der Waals surface area contributed by atoms with Gasteiger partial charge in [-0.3, -0.25) is 4.68 Å². The number of fused-ring (bicyclic) bond motifs is 1. The van der Waals surface area contributed by atoms with E-state index >= 15 is 0 Å². The number of sulfonamides is 1. The van der Waals surface area contributed by atoms with E-state index in [0.717, 1.165) is 12.5 Å². The van der Waals surface area contributed by atoms with Crippen LogP contribution in [0.3, 0.4) is 0 Å². The van der Waals surface area contributed by atoms with E-state index in [-0.39, 0.29) is 18.7 Å². The lowest BCUT2D eigenvalue weighted by molar-refractivity contribution is -0.142. The summed E-state index contributed by atoms with van der Waals surface area (Å²) in [6.07, 6.45) is -2.24. The third-order valence-corrected chi connectivity index (χ3v) is 5.77. The van der Waals surface area contributed by atoms with Crippen LogP contribution >= 0.6 is 0 Å². The molecule has 1 N–H and O–H groups in total. The van der Waals surface area contributed by atoms with Gasteiger partial charge in [0.25, 0.3) is 0 Å². The Balaban J connectivity index is 1.67. The first-order valence-electron chi connectivity index (χ1n) is 8.53. The average Bonchev–Trinajstić information content (AvgIpc) is 2.93. The molecule has 3 rings (SSSR count). The molecule has 0 bridgehead atoms. The fraction of sp³-hybridized carbons (Fsp3) is 0.471. The Labute approximate surface area is 154 Å². The second-order valence-electron chi connectivity index (χ2n) is 6.49. The highest BCUT2D eigenvalue weighted by molar-refractivity contribution is 7.88. The molecule has 0 atom stereocenters. The van der Waals surface area contributed by atoms with Crippen LogP contribution in [0.5, 0.6) is 0 Å². The third kappa shape index (κ3) is 4.86. The van der Waals surface area contributed by atoms with Crippen LogP contribution in [0, 0.1) is 5.82 Å². The minimum Gasteiger partial charge on any atom is -0.267 e. The quantitative estimate of drug-likeness (QED) is 0.752. The molecule has 2 aromatic rings. The Morgan fingerprint density at radius 3 is 2.63 bits per heavy atom. The van der Waals surface area contributed by atoms with Gasteiger partial charge in [0.1, 0.15) is 5.82 Å². The van der Waals surface area contributed by atoms with Crippen molar-refractivity contribution in [2.24, 2.45) is 0 Å². The van der Waals surface area contributed by atoms with E-state index in [1.54, 1.807) is 0 Å². The summed E-state index contributed by atoms with van der Waals surface area (Å²) in [4.78, 5) is 0. The molecule has 0 spiro atoms. The normalized spacial score (nSPS) is 15.0. The number of alkyl halides is 3. The van der Waals surface area contributed by atoms with Gasteiger partial charge in [-0.25, -0.2) is 17.5 Å². The molecule has 0 saturated heterocycles. The second-order valence-corrected chi connectivity index (χ2v) is 8.29. The van der Waals surface area contributed by atoms with Gasteiger partial charge in [-0.05, 0) is 43.4 Å². The first-order valence-corrected chi connectivity index (χ1v) is 10.2. The van der Waals surface area contributed by atoms with Crippen LogP contribution in [0.25, 0.3) is 0 Å². The minimum atomic E-state index is -4.52. The highest BCUT2D eigenvalue weighted by atomic mass is 32.2. The molecule has 1 heterocycles. The van der Waals surface area contributed by atoms with E-state index in [1.807, 2.05) is 0 Å². The van der Waals surface area contributed by atoms with Gasteiger partial charge < -0.3 is 0 Å². The molecule has 1 aliphatic carbocycles. The first-order chi connectivity index (χ1) is 12.7. The summed E-state index contributed by atoms with van der Waals surface area (Å²) in [6, 6.07) is 5.23. The van der Waals surface area contributed by atoms with Gasteiger partial charge in [0.15, 0.2) is 5.69 Å². The maximum absolute atomic E-state index is 13.2. The lowest BCUT2D eigenvalue weighted by atomic mass is 9.95. The standard InChI is InChI=1S/C17H19F4N3O2S/c18-13-5-3-4-12(10-13)11-27(25,26)22-8-9-24-15-7-2-1-6-14(15)16(23-24)17(19,20)21/h3-5,10,22H,1-2,6-9,11H2. The Morgan fingerprint density at radius 1 is 1.19 bits per heavy atom. The van der Waals surface area contributed by atoms with Crippen molar-refractivity contribution >= 4 is 10.0 Å². The topological polar surface area (TPSA) is 64.0 Å². The number of hydrogen-bond donors (Lipinski definition) is 1. The van der Waals surface area contributed by atoms with E-state index in [1.165, 1.54) is 22.9 Å². The maximum Gasteiger partial charge on any atom is 0.435 e. The highest BCUT2D eigenvalue weighted by Crippen LogP contribution is 2.35. The summed E-state index contributed by atoms with van der Waals surface area (Å²) < 4.78 is 80.4. The smallest absolute Gasteiger partial charge is 0.267 e. The van der Waals surface area contributed by atoms with E-state index < -0.39 is 33.5 Å². The van der Waals surface area contributed by atoms with Gasteiger partial charge in [0, 0.05) is 17.8 Å². The van der Waals surface area contributed by atoms with E-state index in [9.17, 15) is 26.0 Å². The van der Waals surface area contributed by atoms with Crippen molar-refractivity contribution in [1.82, 2.24) is 14.5 Å². The van der Waals surface area contributed by atoms with Crippen molar-refractivity contribution in [3.63, 3.8) is 0 Å². The van der Waals surface area contributed by atoms with Crippen LogP contribution < -0.4 is 4.72 Å². The van der Waals surface area contributed by atoms with Crippen molar-refractivity contribution in [2.75, 3.05) is 6.54 Å². The monoisotopic (exact) mass is 405 g/mol. The van der Waals surface area contributed by atoms with E-state index in [0.29, 0.717) is 30.5 Å². The predicted octanol–water partition coefficient (Wildman–Crippen LogP) is 3.04. The van der Waals surface area contributed by atoms with Crippen molar-refractivity contribution in [1.29, 1.82) is 0 Å². The predicted molar refractivity (Wildman–Crippen MR) is 90.9 cm³/mol. The fourth-order valence-electron chi connectivity index (χ4n) is 3.29. The van der Waals surface area contributed by atoms with Gasteiger partial charge >= 0.3 is 6.18 Å². The molecule has 0 amide bonds. The molecule has 5 nitrogen and oxygen atoms in total. The molecule has 0 unspecified atom stereocenters. The van der Waals surface area contributed by atoms with Crippen LogP contribution in [-0.2, 0) is 41.3 Å². The number of hydrogen-bond acceptors (Lipinski definition) is 3. The number of nitrogens with one attached hydrogen (secondary N) is 1. The molecule has 0 radical (unpaired) electrons. The molecule has 148 valence electrons. The lowest BCUT2D eigenvalue weighted by Gasteiger charge is -2.15. The minimum absolute atomic E-state index is 0.000788. The van der Waals surface area contributed by atoms with Crippen LogP contribution in [0.4, 0.5) is 17.6 Å². The molecule has 1 aromatic heterocycles. The fourth-order valence-corrected chi connectivity index (χ4v) is 4.41. The largest absolute Gasteiger partial charge is 0.435 e. The van der Waals surface area contributed by atoms with Crippen LogP contribution in [0.1, 0.15) is 35.4 Å². The molecule has 27 heavy (non-hydrogen) atoms. The number of benzene rings is 1. The van der Waals surface area contributed by atoms with Crippen LogP contribution in [-0.4, -0.2) is 24.7 Å². The zero-order chi connectivity index (χ0) is 19.7. The molecule has 0 aliphatic heterocycles. The molecule has 1 aliphatic rings. The van der Waals surface area contributed by atoms with Crippen molar-refractivity contribution in [3.05, 3.63) is 52.6 Å². The number of nitrogens with zero attached hydrogens (tertiary/aromatic N) is 2. The van der Waals surface area contributed by atoms with Gasteiger partial charge in [0.05, 0.1) is 12.3 Å². The molecular weight excluding hydrogens is 386 g/mol. The summed E-state index contributed by atoms with van der Waals surface area (Å²) in [6.45, 7) is -0.0934. The zero-order valence-electron chi connectivity index (χ0n) is 14.4. The second kappa shape index (κ2) is 7.59. The molecule has 10 heteroatoms. The summed E-state index contributed by atoms with van der Waals surface area (Å²) in [7, 11) is -3.74. The number of rotatable bonds is 6. The molecule has 1 aromatic carbocycles. The molecule has 0 fully saturated rings. The maximum atomic E-state index is 13.2. The number of aromatic nitrogens is 2. The SMILES string of the molecule is O=S(=O)(Cc1cccc(F)c1)NCCn1nc(C(F)(F)F)c2c1CCCC2. The van der Waals surface area contributed by atoms with Gasteiger partial charge in [-0.1, -0.05) is 12.1 Å². The van der Waals surface area contributed by atoms with Gasteiger partial charge in [-0.2, -0.15) is 18.3 Å². The summed E-state index contributed by atoms with van der Waals surface area (Å²) >= 11 is 0. The Bertz CT molecular complexity index is 923. The zero-order valence-corrected chi connectivity index (χ0v) is 15.2. The number of halogens is 4. The van der Waals surface area contributed by atoms with Crippen LogP contribution in [0.2, 0.25) is 0 Å². The van der Waals surface area contributed by atoms with Gasteiger partial charge in [0.2, 0.25) is 10.0 Å². The molecule has 0 saturated carbocycles. The van der Waals surface area contributed by atoms with Gasteiger partial charge in [-0.15, -0.1) is 0 Å². The van der Waals surface area contributed by atoms with Crippen molar-refractivity contribution in [2.45, 2.75) is 44.2 Å². The Morgan fingerprint density at radius 2 is 1.93 bits per heavy atom. The summed E-state index contributed by atoms with van der Waals surface area (Å²) in [5.41, 5.74) is 0.160. The van der Waals surface area contributed by atoms with Crippen molar-refractivity contribution in [3.8, 4) is 0 Å². The average molecular weight is 405 g/mol. The lowest BCUT2D eigenvalue weighted by Crippen LogP contribution is -2.29. The van der Waals surface area contributed by atoms with Crippen molar-refractivity contribution < 1.29 is 26.0 Å². The Hall–Kier alpha value is -1.94. The van der Waals surface area contributed by atoms with E-state index in [4.69, 9.17) is 0 Å². The summed E-state index contributed by atoms with van der Waals surface area (Å²) in [5.74, 6) is -0.943. The third-order valence-electron chi connectivity index (χ3n) is 4.42.